The molecule has 1 aliphatic heterocycles. The highest BCUT2D eigenvalue weighted by Crippen LogP contribution is 2.49. The summed E-state index contributed by atoms with van der Waals surface area (Å²) in [6, 6.07) is 5.49. The number of carbonyl (C=O) groups excluding carboxylic acids is 1. The maximum atomic E-state index is 12.2. The molecule has 1 aromatic carbocycles. The molecular weight excluding hydrogens is 352 g/mol. The monoisotopic (exact) mass is 368 g/mol. The fourth-order valence-corrected chi connectivity index (χ4v) is 4.69. The van der Waals surface area contributed by atoms with E-state index < -0.39 is 0 Å². The van der Waals surface area contributed by atoms with Gasteiger partial charge in [0.15, 0.2) is 22.3 Å². The van der Waals surface area contributed by atoms with Crippen molar-refractivity contribution in [2.75, 3.05) is 6.79 Å². The number of hydrogen-bond donors (Lipinski definition) is 0. The van der Waals surface area contributed by atoms with Gasteiger partial charge in [-0.2, -0.15) is 5.10 Å². The van der Waals surface area contributed by atoms with E-state index in [1.54, 1.807) is 6.92 Å². The van der Waals surface area contributed by atoms with Crippen molar-refractivity contribution in [3.63, 3.8) is 0 Å². The average molecular weight is 368 g/mol. The third kappa shape index (κ3) is 2.24. The Morgan fingerprint density at radius 1 is 1.27 bits per heavy atom. The third-order valence-electron chi connectivity index (χ3n) is 4.74. The maximum absolute atomic E-state index is 12.2. The van der Waals surface area contributed by atoms with Crippen molar-refractivity contribution in [3.8, 4) is 33.6 Å². The van der Waals surface area contributed by atoms with Gasteiger partial charge in [0, 0.05) is 13.1 Å². The molecule has 0 saturated heterocycles. The van der Waals surface area contributed by atoms with Gasteiger partial charge in [0.05, 0.1) is 22.3 Å². The van der Waals surface area contributed by atoms with Crippen LogP contribution < -0.4 is 14.2 Å². The van der Waals surface area contributed by atoms with E-state index in [2.05, 4.69) is 5.10 Å². The molecule has 0 saturated carbocycles. The predicted octanol–water partition coefficient (Wildman–Crippen LogP) is 3.97. The quantitative estimate of drug-likeness (QED) is 0.655. The lowest BCUT2D eigenvalue weighted by Crippen LogP contribution is -2.07. The van der Waals surface area contributed by atoms with Crippen LogP contribution in [0.1, 0.15) is 27.7 Å². The highest BCUT2D eigenvalue weighted by atomic mass is 32.1. The standard InChI is InChI=1S/C19H16N2O4S/c1-10(22)18-13-5-3-11-8-20-21(2)17(11)16(13)19(26-18)25-12-4-6-14-15(7-12)24-9-23-14/h4,6-8H,3,5,9H2,1-2H3. The Morgan fingerprint density at radius 3 is 2.96 bits per heavy atom. The van der Waals surface area contributed by atoms with Crippen molar-refractivity contribution in [1.29, 1.82) is 0 Å². The molecular formula is C19H16N2O4S. The molecule has 7 heteroatoms. The number of thiophene rings is 1. The first-order valence-corrected chi connectivity index (χ1v) is 9.19. The minimum atomic E-state index is 0.0670. The van der Waals surface area contributed by atoms with E-state index >= 15 is 0 Å². The van der Waals surface area contributed by atoms with Crippen LogP contribution in [0.5, 0.6) is 22.3 Å². The molecule has 0 unspecified atom stereocenters. The molecule has 0 atom stereocenters. The van der Waals surface area contributed by atoms with E-state index in [1.165, 1.54) is 16.9 Å². The smallest absolute Gasteiger partial charge is 0.231 e. The first-order valence-electron chi connectivity index (χ1n) is 8.37. The van der Waals surface area contributed by atoms with E-state index in [9.17, 15) is 4.79 Å². The zero-order valence-electron chi connectivity index (χ0n) is 14.4. The molecule has 2 aromatic heterocycles. The van der Waals surface area contributed by atoms with Crippen LogP contribution in [0.4, 0.5) is 0 Å². The van der Waals surface area contributed by atoms with Crippen molar-refractivity contribution >= 4 is 17.1 Å². The summed E-state index contributed by atoms with van der Waals surface area (Å²) in [4.78, 5) is 12.9. The molecule has 2 aliphatic rings. The van der Waals surface area contributed by atoms with Crippen LogP contribution >= 0.6 is 11.3 Å². The summed E-state index contributed by atoms with van der Waals surface area (Å²) in [7, 11) is 1.92. The number of ether oxygens (including phenoxy) is 3. The Balaban J connectivity index is 1.64. The fourth-order valence-electron chi connectivity index (χ4n) is 3.57. The van der Waals surface area contributed by atoms with E-state index in [-0.39, 0.29) is 12.6 Å². The molecule has 0 spiro atoms. The van der Waals surface area contributed by atoms with Gasteiger partial charge in [-0.25, -0.2) is 0 Å². The molecule has 0 N–H and O–H groups in total. The Kier molecular flexibility index (Phi) is 3.33. The number of fused-ring (bicyclic) bond motifs is 4. The van der Waals surface area contributed by atoms with Gasteiger partial charge in [-0.15, -0.1) is 0 Å². The largest absolute Gasteiger partial charge is 0.454 e. The van der Waals surface area contributed by atoms with Crippen LogP contribution in [0, 0.1) is 0 Å². The van der Waals surface area contributed by atoms with Crippen molar-refractivity contribution < 1.29 is 19.0 Å². The highest BCUT2D eigenvalue weighted by molar-refractivity contribution is 7.16. The van der Waals surface area contributed by atoms with E-state index in [4.69, 9.17) is 14.2 Å². The molecule has 132 valence electrons. The number of benzene rings is 1. The van der Waals surface area contributed by atoms with Gasteiger partial charge in [-0.3, -0.25) is 9.48 Å². The summed E-state index contributed by atoms with van der Waals surface area (Å²) in [6.45, 7) is 1.83. The summed E-state index contributed by atoms with van der Waals surface area (Å²) in [5, 5.41) is 5.11. The van der Waals surface area contributed by atoms with Crippen molar-refractivity contribution in [1.82, 2.24) is 9.78 Å². The SMILES string of the molecule is CC(=O)c1sc(Oc2ccc3c(c2)OCO3)c2c1CCc1cnn(C)c1-2. The normalized spacial score (nSPS) is 14.1. The van der Waals surface area contributed by atoms with Crippen molar-refractivity contribution in [2.24, 2.45) is 7.05 Å². The highest BCUT2D eigenvalue weighted by Gasteiger charge is 2.30. The van der Waals surface area contributed by atoms with E-state index in [0.717, 1.165) is 34.5 Å². The molecule has 5 rings (SSSR count). The van der Waals surface area contributed by atoms with Gasteiger partial charge in [0.2, 0.25) is 6.79 Å². The maximum Gasteiger partial charge on any atom is 0.231 e. The number of rotatable bonds is 3. The number of aromatic nitrogens is 2. The molecule has 0 fully saturated rings. The second kappa shape index (κ2) is 5.60. The van der Waals surface area contributed by atoms with E-state index in [1.807, 2.05) is 36.1 Å². The molecule has 1 aliphatic carbocycles. The first-order chi connectivity index (χ1) is 12.6. The number of carbonyl (C=O) groups is 1. The van der Waals surface area contributed by atoms with Crippen molar-refractivity contribution in [3.05, 3.63) is 40.4 Å². The third-order valence-corrected chi connectivity index (χ3v) is 5.96. The predicted molar refractivity (Wildman–Crippen MR) is 96.6 cm³/mol. The summed E-state index contributed by atoms with van der Waals surface area (Å²) >= 11 is 1.40. The van der Waals surface area contributed by atoms with Crippen molar-refractivity contribution in [2.45, 2.75) is 19.8 Å². The summed E-state index contributed by atoms with van der Waals surface area (Å²) in [6.07, 6.45) is 3.61. The fraction of sp³-hybridized carbons (Fsp3) is 0.263. The molecule has 0 bridgehead atoms. The lowest BCUT2D eigenvalue weighted by molar-refractivity contribution is 0.102. The first kappa shape index (κ1) is 15.5. The zero-order chi connectivity index (χ0) is 17.8. The summed E-state index contributed by atoms with van der Waals surface area (Å²) < 4.78 is 18.8. The Bertz CT molecular complexity index is 1050. The Labute approximate surface area is 153 Å². The van der Waals surface area contributed by atoms with Crippen LogP contribution in [-0.4, -0.2) is 22.4 Å². The number of hydrogen-bond acceptors (Lipinski definition) is 6. The molecule has 0 amide bonds. The minimum absolute atomic E-state index is 0.0670. The molecule has 26 heavy (non-hydrogen) atoms. The topological polar surface area (TPSA) is 62.6 Å². The molecule has 3 aromatic rings. The number of nitrogens with zero attached hydrogens (tertiary/aromatic N) is 2. The Morgan fingerprint density at radius 2 is 2.12 bits per heavy atom. The molecule has 3 heterocycles. The number of Topliss-reactive ketones (excluding diaryl/α,β-unsaturated/α-hetero) is 1. The second-order valence-electron chi connectivity index (χ2n) is 6.39. The van der Waals surface area contributed by atoms with Crippen LogP contribution in [-0.2, 0) is 19.9 Å². The average Bonchev–Trinajstić information content (AvgIpc) is 3.32. The lowest BCUT2D eigenvalue weighted by Gasteiger charge is -2.16. The minimum Gasteiger partial charge on any atom is -0.454 e. The van der Waals surface area contributed by atoms with Crippen LogP contribution in [0.2, 0.25) is 0 Å². The van der Waals surface area contributed by atoms with Gasteiger partial charge < -0.3 is 14.2 Å². The number of aryl methyl sites for hydroxylation is 2. The van der Waals surface area contributed by atoms with Crippen LogP contribution in [0.3, 0.4) is 0 Å². The Hall–Kier alpha value is -2.80. The van der Waals surface area contributed by atoms with E-state index in [0.29, 0.717) is 22.3 Å². The second-order valence-corrected chi connectivity index (χ2v) is 7.37. The number of ketones is 1. The van der Waals surface area contributed by atoms with Crippen LogP contribution in [0.15, 0.2) is 24.4 Å². The summed E-state index contributed by atoms with van der Waals surface area (Å²) in [5.41, 5.74) is 4.27. The van der Waals surface area contributed by atoms with Gasteiger partial charge >= 0.3 is 0 Å². The van der Waals surface area contributed by atoms with Gasteiger partial charge in [0.1, 0.15) is 5.75 Å². The zero-order valence-corrected chi connectivity index (χ0v) is 15.2. The molecule has 0 radical (unpaired) electrons. The molecule has 6 nitrogen and oxygen atoms in total. The van der Waals surface area contributed by atoms with Crippen LogP contribution in [0.25, 0.3) is 11.3 Å². The van der Waals surface area contributed by atoms with Gasteiger partial charge in [0.25, 0.3) is 0 Å². The summed E-state index contributed by atoms with van der Waals surface area (Å²) in [5.74, 6) is 2.10. The lowest BCUT2D eigenvalue weighted by atomic mass is 9.91. The van der Waals surface area contributed by atoms with Gasteiger partial charge in [-0.05, 0) is 43.0 Å². The van der Waals surface area contributed by atoms with Gasteiger partial charge in [-0.1, -0.05) is 11.3 Å².